The maximum atomic E-state index is 12.7. The third kappa shape index (κ3) is 3.34. The van der Waals surface area contributed by atoms with E-state index in [1.54, 1.807) is 0 Å². The lowest BCUT2D eigenvalue weighted by Gasteiger charge is -2.49. The molecule has 1 aliphatic carbocycles. The van der Waals surface area contributed by atoms with Crippen molar-refractivity contribution in [2.24, 2.45) is 11.8 Å². The minimum atomic E-state index is -0.214. The number of ether oxygens (including phenoxy) is 3. The summed E-state index contributed by atoms with van der Waals surface area (Å²) in [4.78, 5) is 14.7. The monoisotopic (exact) mass is 339 g/mol. The molecule has 1 N–H and O–H groups in total. The summed E-state index contributed by atoms with van der Waals surface area (Å²) in [6.45, 7) is 2.39. The lowest BCUT2D eigenvalue weighted by atomic mass is 9.73. The van der Waals surface area contributed by atoms with Gasteiger partial charge in [0.2, 0.25) is 5.91 Å². The van der Waals surface area contributed by atoms with Gasteiger partial charge in [-0.3, -0.25) is 4.79 Å². The zero-order valence-corrected chi connectivity index (χ0v) is 14.3. The summed E-state index contributed by atoms with van der Waals surface area (Å²) >= 11 is 0. The second kappa shape index (κ2) is 7.28. The van der Waals surface area contributed by atoms with Crippen molar-refractivity contribution < 1.29 is 24.1 Å². The fourth-order valence-corrected chi connectivity index (χ4v) is 4.98. The van der Waals surface area contributed by atoms with E-state index in [1.165, 1.54) is 6.42 Å². The summed E-state index contributed by atoms with van der Waals surface area (Å²) in [5.41, 5.74) is 0. The summed E-state index contributed by atoms with van der Waals surface area (Å²) in [6, 6.07) is 0.255. The highest BCUT2D eigenvalue weighted by atomic mass is 16.7. The van der Waals surface area contributed by atoms with Gasteiger partial charge in [0, 0.05) is 31.5 Å². The van der Waals surface area contributed by atoms with Crippen LogP contribution in [0.15, 0.2) is 0 Å². The minimum absolute atomic E-state index is 0.0253. The van der Waals surface area contributed by atoms with Gasteiger partial charge < -0.3 is 24.2 Å². The van der Waals surface area contributed by atoms with Crippen LogP contribution >= 0.6 is 0 Å². The third-order valence-electron chi connectivity index (χ3n) is 6.23. The van der Waals surface area contributed by atoms with Crippen LogP contribution in [0.2, 0.25) is 0 Å². The number of aliphatic hydroxyl groups is 1. The maximum absolute atomic E-state index is 12.7. The molecule has 6 heteroatoms. The van der Waals surface area contributed by atoms with E-state index < -0.39 is 0 Å². The number of hydrogen-bond donors (Lipinski definition) is 1. The number of piperidine rings is 2. The number of carbonyl (C=O) groups excluding carboxylic acids is 1. The summed E-state index contributed by atoms with van der Waals surface area (Å²) in [5, 5.41) is 9.57. The zero-order valence-electron chi connectivity index (χ0n) is 14.3. The number of aliphatic hydroxyl groups excluding tert-OH is 1. The van der Waals surface area contributed by atoms with E-state index >= 15 is 0 Å². The van der Waals surface area contributed by atoms with E-state index in [2.05, 4.69) is 0 Å². The molecule has 1 saturated carbocycles. The van der Waals surface area contributed by atoms with Gasteiger partial charge in [0.05, 0.1) is 19.3 Å². The molecule has 5 unspecified atom stereocenters. The number of nitrogens with zero attached hydrogens (tertiary/aromatic N) is 1. The normalized spacial score (nSPS) is 39.7. The van der Waals surface area contributed by atoms with E-state index in [0.717, 1.165) is 38.6 Å². The van der Waals surface area contributed by atoms with E-state index in [4.69, 9.17) is 14.2 Å². The van der Waals surface area contributed by atoms with Gasteiger partial charge >= 0.3 is 0 Å². The first kappa shape index (κ1) is 16.8. The lowest BCUT2D eigenvalue weighted by Crippen LogP contribution is -2.56. The molecule has 2 bridgehead atoms. The first-order chi connectivity index (χ1) is 11.7. The summed E-state index contributed by atoms with van der Waals surface area (Å²) in [6.07, 6.45) is 6.55. The van der Waals surface area contributed by atoms with Gasteiger partial charge in [-0.05, 0) is 44.4 Å². The van der Waals surface area contributed by atoms with Crippen molar-refractivity contribution in [2.45, 2.75) is 69.5 Å². The Hall–Kier alpha value is -0.690. The summed E-state index contributed by atoms with van der Waals surface area (Å²) < 4.78 is 17.1. The molecule has 1 amide bonds. The van der Waals surface area contributed by atoms with E-state index in [-0.39, 0.29) is 43.0 Å². The molecule has 0 aromatic carbocycles. The van der Waals surface area contributed by atoms with Crippen molar-refractivity contribution >= 4 is 5.91 Å². The van der Waals surface area contributed by atoms with E-state index in [0.29, 0.717) is 25.6 Å². The predicted molar refractivity (Wildman–Crippen MR) is 86.2 cm³/mol. The van der Waals surface area contributed by atoms with Crippen LogP contribution in [-0.4, -0.2) is 66.8 Å². The Kier molecular flexibility index (Phi) is 5.08. The molecule has 4 saturated heterocycles. The van der Waals surface area contributed by atoms with Crippen LogP contribution in [-0.2, 0) is 19.0 Å². The standard InChI is InChI=1S/C18H29NO5/c20-11-13-9-12-1-4-15(13)19(10-12)17(21)6-3-14-2-5-16(24-14)18-22-7-8-23-18/h12-16,18,20H,1-11H2. The van der Waals surface area contributed by atoms with Gasteiger partial charge in [0.15, 0.2) is 6.29 Å². The van der Waals surface area contributed by atoms with Crippen LogP contribution in [0.5, 0.6) is 0 Å². The van der Waals surface area contributed by atoms with E-state index in [1.807, 2.05) is 4.90 Å². The first-order valence-electron chi connectivity index (χ1n) is 9.53. The Labute approximate surface area is 143 Å². The molecule has 5 rings (SSSR count). The smallest absolute Gasteiger partial charge is 0.222 e. The molecule has 4 aliphatic heterocycles. The van der Waals surface area contributed by atoms with Crippen LogP contribution in [0.1, 0.15) is 44.9 Å². The highest BCUT2D eigenvalue weighted by Crippen LogP contribution is 2.39. The van der Waals surface area contributed by atoms with Crippen molar-refractivity contribution in [3.05, 3.63) is 0 Å². The number of fused-ring (bicyclic) bond motifs is 3. The maximum Gasteiger partial charge on any atom is 0.222 e. The van der Waals surface area contributed by atoms with Crippen LogP contribution in [0.3, 0.4) is 0 Å². The van der Waals surface area contributed by atoms with Crippen LogP contribution in [0, 0.1) is 11.8 Å². The second-order valence-electron chi connectivity index (χ2n) is 7.76. The van der Waals surface area contributed by atoms with Crippen molar-refractivity contribution in [3.8, 4) is 0 Å². The number of amides is 1. The van der Waals surface area contributed by atoms with Crippen molar-refractivity contribution in [1.29, 1.82) is 0 Å². The quantitative estimate of drug-likeness (QED) is 0.818. The van der Waals surface area contributed by atoms with Crippen LogP contribution in [0.25, 0.3) is 0 Å². The Bertz CT molecular complexity index is 453. The van der Waals surface area contributed by atoms with Crippen LogP contribution in [0.4, 0.5) is 0 Å². The van der Waals surface area contributed by atoms with Crippen molar-refractivity contribution in [3.63, 3.8) is 0 Å². The van der Waals surface area contributed by atoms with Gasteiger partial charge in [0.1, 0.15) is 6.10 Å². The topological polar surface area (TPSA) is 68.2 Å². The van der Waals surface area contributed by atoms with Gasteiger partial charge in [-0.2, -0.15) is 0 Å². The average molecular weight is 339 g/mol. The highest BCUT2D eigenvalue weighted by Gasteiger charge is 2.42. The molecular formula is C18H29NO5. The fraction of sp³-hybridized carbons (Fsp3) is 0.944. The second-order valence-corrected chi connectivity index (χ2v) is 7.76. The molecule has 6 nitrogen and oxygen atoms in total. The molecule has 4 heterocycles. The molecule has 5 atom stereocenters. The largest absolute Gasteiger partial charge is 0.396 e. The molecule has 5 fully saturated rings. The van der Waals surface area contributed by atoms with Gasteiger partial charge in [0.25, 0.3) is 0 Å². The number of carbonyl (C=O) groups is 1. The minimum Gasteiger partial charge on any atom is -0.396 e. The van der Waals surface area contributed by atoms with Gasteiger partial charge in [-0.25, -0.2) is 0 Å². The molecule has 5 aliphatic rings. The predicted octanol–water partition coefficient (Wildman–Crippen LogP) is 1.31. The zero-order chi connectivity index (χ0) is 16.5. The Morgan fingerprint density at radius 1 is 1.12 bits per heavy atom. The third-order valence-corrected chi connectivity index (χ3v) is 6.23. The Morgan fingerprint density at radius 2 is 1.96 bits per heavy atom. The molecule has 24 heavy (non-hydrogen) atoms. The number of hydrogen-bond acceptors (Lipinski definition) is 5. The van der Waals surface area contributed by atoms with Crippen molar-refractivity contribution in [1.82, 2.24) is 4.90 Å². The molecule has 0 radical (unpaired) electrons. The molecular weight excluding hydrogens is 310 g/mol. The molecule has 0 spiro atoms. The highest BCUT2D eigenvalue weighted by molar-refractivity contribution is 5.76. The first-order valence-corrected chi connectivity index (χ1v) is 9.53. The fourth-order valence-electron chi connectivity index (χ4n) is 4.98. The molecule has 136 valence electrons. The van der Waals surface area contributed by atoms with Gasteiger partial charge in [-0.15, -0.1) is 0 Å². The number of rotatable bonds is 5. The Morgan fingerprint density at radius 3 is 2.71 bits per heavy atom. The lowest BCUT2D eigenvalue weighted by molar-refractivity contribution is -0.147. The summed E-state index contributed by atoms with van der Waals surface area (Å²) in [7, 11) is 0. The van der Waals surface area contributed by atoms with Gasteiger partial charge in [-0.1, -0.05) is 0 Å². The summed E-state index contributed by atoms with van der Waals surface area (Å²) in [5.74, 6) is 1.10. The Balaban J connectivity index is 1.25. The molecule has 0 aromatic heterocycles. The SMILES string of the molecule is O=C(CCC1CCC(C2OCCO2)O1)N1CC2CCC1C(CO)C2. The van der Waals surface area contributed by atoms with Crippen LogP contribution < -0.4 is 0 Å². The van der Waals surface area contributed by atoms with E-state index in [9.17, 15) is 9.90 Å². The average Bonchev–Trinajstić information content (AvgIpc) is 3.31. The molecule has 0 aromatic rings. The van der Waals surface area contributed by atoms with Crippen molar-refractivity contribution in [2.75, 3.05) is 26.4 Å².